The zero-order valence-electron chi connectivity index (χ0n) is 8.99. The molecule has 1 aliphatic carbocycles. The Labute approximate surface area is 86.5 Å². The molecular formula is C10H19NO2S. The molecular weight excluding hydrogens is 198 g/mol. The van der Waals surface area contributed by atoms with Gasteiger partial charge >= 0.3 is 0 Å². The second kappa shape index (κ2) is 3.20. The van der Waals surface area contributed by atoms with Gasteiger partial charge in [0.25, 0.3) is 0 Å². The van der Waals surface area contributed by atoms with E-state index < -0.39 is 10.0 Å². The quantitative estimate of drug-likeness (QED) is 0.702. The number of sulfonamides is 1. The van der Waals surface area contributed by atoms with Gasteiger partial charge in [-0.15, -0.1) is 0 Å². The molecule has 1 heterocycles. The van der Waals surface area contributed by atoms with E-state index >= 15 is 0 Å². The van der Waals surface area contributed by atoms with E-state index in [9.17, 15) is 8.42 Å². The van der Waals surface area contributed by atoms with Gasteiger partial charge in [-0.3, -0.25) is 0 Å². The lowest BCUT2D eigenvalue weighted by molar-refractivity contribution is 0.0926. The van der Waals surface area contributed by atoms with E-state index in [1.54, 1.807) is 4.31 Å². The molecule has 0 bridgehead atoms. The van der Waals surface area contributed by atoms with Gasteiger partial charge < -0.3 is 0 Å². The summed E-state index contributed by atoms with van der Waals surface area (Å²) in [6.45, 7) is 3.72. The highest BCUT2D eigenvalue weighted by Gasteiger charge is 2.51. The monoisotopic (exact) mass is 217 g/mol. The van der Waals surface area contributed by atoms with Gasteiger partial charge in [0.15, 0.2) is 0 Å². The molecule has 3 nitrogen and oxygen atoms in total. The van der Waals surface area contributed by atoms with E-state index in [1.165, 1.54) is 25.5 Å². The van der Waals surface area contributed by atoms with Crippen LogP contribution >= 0.6 is 0 Å². The molecule has 1 saturated heterocycles. The first kappa shape index (κ1) is 10.4. The van der Waals surface area contributed by atoms with Gasteiger partial charge in [-0.05, 0) is 24.2 Å². The van der Waals surface area contributed by atoms with Gasteiger partial charge in [0, 0.05) is 13.1 Å². The predicted octanol–water partition coefficient (Wildman–Crippen LogP) is 1.46. The minimum atomic E-state index is -2.96. The van der Waals surface area contributed by atoms with Crippen LogP contribution in [0.25, 0.3) is 0 Å². The predicted molar refractivity (Wildman–Crippen MR) is 56.5 cm³/mol. The first-order valence-corrected chi connectivity index (χ1v) is 7.28. The Hall–Kier alpha value is -0.0900. The zero-order chi connectivity index (χ0) is 10.4. The van der Waals surface area contributed by atoms with Gasteiger partial charge in [0.2, 0.25) is 10.0 Å². The summed E-state index contributed by atoms with van der Waals surface area (Å²) in [7, 11) is -2.96. The molecule has 2 rings (SSSR count). The summed E-state index contributed by atoms with van der Waals surface area (Å²) in [5.41, 5.74) is 0.359. The zero-order valence-corrected chi connectivity index (χ0v) is 9.81. The summed E-state index contributed by atoms with van der Waals surface area (Å²) in [6.07, 6.45) is 6.20. The minimum Gasteiger partial charge on any atom is -0.213 e. The van der Waals surface area contributed by atoms with Crippen LogP contribution in [0.4, 0.5) is 0 Å². The third-order valence-electron chi connectivity index (χ3n) is 4.09. The summed E-state index contributed by atoms with van der Waals surface area (Å²) < 4.78 is 24.6. The molecule has 1 aliphatic heterocycles. The number of hydrogen-bond acceptors (Lipinski definition) is 2. The van der Waals surface area contributed by atoms with Crippen LogP contribution in [0.15, 0.2) is 0 Å². The third kappa shape index (κ3) is 1.48. The molecule has 1 spiro atoms. The molecule has 4 heteroatoms. The van der Waals surface area contributed by atoms with Crippen molar-refractivity contribution in [2.45, 2.75) is 32.6 Å². The molecule has 1 atom stereocenters. The highest BCUT2D eigenvalue weighted by Crippen LogP contribution is 2.53. The summed E-state index contributed by atoms with van der Waals surface area (Å²) in [5.74, 6) is 0.603. The smallest absolute Gasteiger partial charge is 0.211 e. The Morgan fingerprint density at radius 2 is 2.07 bits per heavy atom. The van der Waals surface area contributed by atoms with E-state index in [0.29, 0.717) is 11.3 Å². The van der Waals surface area contributed by atoms with Crippen molar-refractivity contribution in [1.29, 1.82) is 0 Å². The van der Waals surface area contributed by atoms with Crippen molar-refractivity contribution in [2.24, 2.45) is 11.3 Å². The average molecular weight is 217 g/mol. The maximum atomic E-state index is 11.4. The maximum absolute atomic E-state index is 11.4. The van der Waals surface area contributed by atoms with Gasteiger partial charge in [0.1, 0.15) is 0 Å². The molecule has 82 valence electrons. The van der Waals surface area contributed by atoms with Crippen molar-refractivity contribution < 1.29 is 8.42 Å². The first-order valence-electron chi connectivity index (χ1n) is 5.43. The van der Waals surface area contributed by atoms with Gasteiger partial charge in [-0.25, -0.2) is 12.7 Å². The van der Waals surface area contributed by atoms with Crippen molar-refractivity contribution in [2.75, 3.05) is 19.3 Å². The standard InChI is InChI=1S/C10H19NO2S/c1-3-9-7-11(14(2,12)13)8-10(9)5-4-6-10/h9H,3-8H2,1-2H3. The lowest BCUT2D eigenvalue weighted by Crippen LogP contribution is -2.38. The molecule has 14 heavy (non-hydrogen) atoms. The molecule has 1 saturated carbocycles. The normalized spacial score (nSPS) is 32.0. The van der Waals surface area contributed by atoms with E-state index in [2.05, 4.69) is 6.92 Å². The second-order valence-electron chi connectivity index (χ2n) is 4.88. The summed E-state index contributed by atoms with van der Waals surface area (Å²) in [6, 6.07) is 0. The topological polar surface area (TPSA) is 37.4 Å². The molecule has 0 aromatic heterocycles. The van der Waals surface area contributed by atoms with Crippen LogP contribution in [0.1, 0.15) is 32.6 Å². The summed E-state index contributed by atoms with van der Waals surface area (Å²) in [5, 5.41) is 0. The van der Waals surface area contributed by atoms with Crippen LogP contribution < -0.4 is 0 Å². The van der Waals surface area contributed by atoms with E-state index in [0.717, 1.165) is 19.5 Å². The average Bonchev–Trinajstić information content (AvgIpc) is 2.40. The minimum absolute atomic E-state index is 0.359. The van der Waals surface area contributed by atoms with Crippen LogP contribution in [0.2, 0.25) is 0 Å². The van der Waals surface area contributed by atoms with E-state index in [-0.39, 0.29) is 0 Å². The fourth-order valence-corrected chi connectivity index (χ4v) is 3.94. The fourth-order valence-electron chi connectivity index (χ4n) is 3.00. The number of hydrogen-bond donors (Lipinski definition) is 0. The SMILES string of the molecule is CCC1CN(S(C)(=O)=O)CC12CCC2. The van der Waals surface area contributed by atoms with E-state index in [1.807, 2.05) is 0 Å². The van der Waals surface area contributed by atoms with Crippen LogP contribution in [0.3, 0.4) is 0 Å². The van der Waals surface area contributed by atoms with Crippen LogP contribution in [-0.2, 0) is 10.0 Å². The number of nitrogens with zero attached hydrogens (tertiary/aromatic N) is 1. The van der Waals surface area contributed by atoms with Crippen LogP contribution in [-0.4, -0.2) is 32.1 Å². The molecule has 0 aromatic carbocycles. The Bertz CT molecular complexity index is 319. The van der Waals surface area contributed by atoms with Crippen molar-refractivity contribution >= 4 is 10.0 Å². The van der Waals surface area contributed by atoms with Gasteiger partial charge in [-0.2, -0.15) is 0 Å². The molecule has 0 radical (unpaired) electrons. The third-order valence-corrected chi connectivity index (χ3v) is 5.31. The molecule has 0 N–H and O–H groups in total. The lowest BCUT2D eigenvalue weighted by Gasteiger charge is -2.42. The fraction of sp³-hybridized carbons (Fsp3) is 1.00. The Kier molecular flexibility index (Phi) is 2.39. The highest BCUT2D eigenvalue weighted by molar-refractivity contribution is 7.88. The highest BCUT2D eigenvalue weighted by atomic mass is 32.2. The summed E-state index contributed by atoms with van der Waals surface area (Å²) in [4.78, 5) is 0. The van der Waals surface area contributed by atoms with Crippen molar-refractivity contribution in [1.82, 2.24) is 4.31 Å². The van der Waals surface area contributed by atoms with Crippen LogP contribution in [0, 0.1) is 11.3 Å². The maximum Gasteiger partial charge on any atom is 0.211 e. The largest absolute Gasteiger partial charge is 0.213 e. The van der Waals surface area contributed by atoms with Crippen molar-refractivity contribution in [3.63, 3.8) is 0 Å². The second-order valence-corrected chi connectivity index (χ2v) is 6.86. The van der Waals surface area contributed by atoms with Crippen LogP contribution in [0.5, 0.6) is 0 Å². The Balaban J connectivity index is 2.16. The molecule has 2 fully saturated rings. The first-order chi connectivity index (χ1) is 6.48. The molecule has 0 amide bonds. The van der Waals surface area contributed by atoms with Gasteiger partial charge in [-0.1, -0.05) is 19.8 Å². The Morgan fingerprint density at radius 3 is 2.36 bits per heavy atom. The summed E-state index contributed by atoms with van der Waals surface area (Å²) >= 11 is 0. The molecule has 2 aliphatic rings. The van der Waals surface area contributed by atoms with Crippen molar-refractivity contribution in [3.05, 3.63) is 0 Å². The number of rotatable bonds is 2. The van der Waals surface area contributed by atoms with E-state index in [4.69, 9.17) is 0 Å². The van der Waals surface area contributed by atoms with Crippen molar-refractivity contribution in [3.8, 4) is 0 Å². The lowest BCUT2D eigenvalue weighted by atomic mass is 9.62. The van der Waals surface area contributed by atoms with Gasteiger partial charge in [0.05, 0.1) is 6.26 Å². The molecule has 0 aromatic rings. The molecule has 1 unspecified atom stereocenters. The Morgan fingerprint density at radius 1 is 1.43 bits per heavy atom.